The third kappa shape index (κ3) is 7.75. The van der Waals surface area contributed by atoms with Crippen LogP contribution < -0.4 is 0 Å². The molecule has 2 rings (SSSR count). The predicted molar refractivity (Wildman–Crippen MR) is 142 cm³/mol. The van der Waals surface area contributed by atoms with Crippen molar-refractivity contribution >= 4 is 14.4 Å². The largest absolute Gasteiger partial charge is 0.296 e. The monoisotopic (exact) mass is 449 g/mol. The van der Waals surface area contributed by atoms with Crippen LogP contribution in [-0.2, 0) is 0 Å². The van der Waals surface area contributed by atoms with Crippen LogP contribution in [0.15, 0.2) is 76.4 Å². The van der Waals surface area contributed by atoms with E-state index < -0.39 is 0 Å². The Bertz CT molecular complexity index is 894. The Balaban J connectivity index is 2.09. The summed E-state index contributed by atoms with van der Waals surface area (Å²) in [4.78, 5) is 7.36. The number of hydrogen-bond donors (Lipinski definition) is 0. The van der Waals surface area contributed by atoms with Crippen molar-refractivity contribution < 1.29 is 0 Å². The molecule has 0 bridgehead atoms. The molecule has 0 spiro atoms. The molecule has 0 saturated carbocycles. The maximum absolute atomic E-state index is 8.90. The third-order valence-corrected chi connectivity index (χ3v) is 7.27. The minimum atomic E-state index is -0.0133. The highest BCUT2D eigenvalue weighted by molar-refractivity contribution is 7.42. The van der Waals surface area contributed by atoms with E-state index in [0.29, 0.717) is 17.9 Å². The number of rotatable bonds is 9. The van der Waals surface area contributed by atoms with Gasteiger partial charge in [-0.05, 0) is 82.7 Å². The highest BCUT2D eigenvalue weighted by Crippen LogP contribution is 2.35. The Labute approximate surface area is 197 Å². The summed E-state index contributed by atoms with van der Waals surface area (Å²) >= 11 is 0. The molecule has 0 fully saturated rings. The van der Waals surface area contributed by atoms with Crippen LogP contribution in [0.3, 0.4) is 0 Å². The summed E-state index contributed by atoms with van der Waals surface area (Å²) in [5.74, 6) is 1.99. The van der Waals surface area contributed by atoms with Crippen LogP contribution in [0, 0.1) is 29.1 Å². The highest BCUT2D eigenvalue weighted by atomic mass is 31.1. The number of amidine groups is 1. The van der Waals surface area contributed by atoms with Crippen molar-refractivity contribution in [3.8, 4) is 6.07 Å². The van der Waals surface area contributed by atoms with E-state index in [1.807, 2.05) is 13.0 Å². The first kappa shape index (κ1) is 26.1. The van der Waals surface area contributed by atoms with E-state index in [2.05, 4.69) is 88.6 Å². The SMILES string of the molecule is C=C1PCCC(C)/N=C(/C(C)=C/CC(C)/C(C)=C/C(C)C/C=C\C(C)C#N)N1C1=CC=C1. The topological polar surface area (TPSA) is 39.4 Å². The average Bonchev–Trinajstić information content (AvgIpc) is 2.71. The molecule has 4 heteroatoms. The molecule has 5 atom stereocenters. The minimum Gasteiger partial charge on any atom is -0.296 e. The summed E-state index contributed by atoms with van der Waals surface area (Å²) in [6.45, 7) is 17.5. The average molecular weight is 450 g/mol. The van der Waals surface area contributed by atoms with Gasteiger partial charge >= 0.3 is 0 Å². The third-order valence-electron chi connectivity index (χ3n) is 6.10. The molecule has 0 aromatic heterocycles. The lowest BCUT2D eigenvalue weighted by molar-refractivity contribution is 0.636. The van der Waals surface area contributed by atoms with Crippen LogP contribution in [0.4, 0.5) is 0 Å². The van der Waals surface area contributed by atoms with Crippen LogP contribution in [-0.4, -0.2) is 22.9 Å². The van der Waals surface area contributed by atoms with Gasteiger partial charge in [-0.25, -0.2) is 0 Å². The number of aliphatic imine (C=N–C) groups is 1. The number of hydrogen-bond acceptors (Lipinski definition) is 3. The Kier molecular flexibility index (Phi) is 10.4. The minimum absolute atomic E-state index is 0.0133. The zero-order valence-electron chi connectivity index (χ0n) is 20.7. The zero-order chi connectivity index (χ0) is 23.7. The lowest BCUT2D eigenvalue weighted by Gasteiger charge is -2.33. The molecule has 0 N–H and O–H groups in total. The summed E-state index contributed by atoms with van der Waals surface area (Å²) < 4.78 is 0. The van der Waals surface area contributed by atoms with Crippen LogP contribution in [0.25, 0.3) is 0 Å². The lowest BCUT2D eigenvalue weighted by atomic mass is 9.93. The fourth-order valence-electron chi connectivity index (χ4n) is 3.70. The van der Waals surface area contributed by atoms with E-state index in [9.17, 15) is 0 Å². The van der Waals surface area contributed by atoms with Gasteiger partial charge in [0.25, 0.3) is 0 Å². The van der Waals surface area contributed by atoms with E-state index >= 15 is 0 Å². The molecular weight excluding hydrogens is 409 g/mol. The van der Waals surface area contributed by atoms with Crippen molar-refractivity contribution in [1.82, 2.24) is 4.90 Å². The molecule has 1 heterocycles. The first-order chi connectivity index (χ1) is 15.2. The molecule has 3 nitrogen and oxygen atoms in total. The van der Waals surface area contributed by atoms with E-state index in [1.54, 1.807) is 0 Å². The maximum Gasteiger partial charge on any atom is 0.135 e. The van der Waals surface area contributed by atoms with Crippen LogP contribution in [0.2, 0.25) is 0 Å². The molecule has 32 heavy (non-hydrogen) atoms. The van der Waals surface area contributed by atoms with Gasteiger partial charge in [0.05, 0.1) is 12.0 Å². The first-order valence-corrected chi connectivity index (χ1v) is 13.0. The molecule has 172 valence electrons. The summed E-state index contributed by atoms with van der Waals surface area (Å²) in [7, 11) is 0.743. The smallest absolute Gasteiger partial charge is 0.135 e. The fraction of sp³-hybridized carbons (Fsp3) is 0.500. The van der Waals surface area contributed by atoms with E-state index in [0.717, 1.165) is 45.3 Å². The van der Waals surface area contributed by atoms with E-state index in [4.69, 9.17) is 10.3 Å². The molecule has 0 saturated heterocycles. The quantitative estimate of drug-likeness (QED) is 0.267. The van der Waals surface area contributed by atoms with Crippen molar-refractivity contribution in [1.29, 1.82) is 5.26 Å². The van der Waals surface area contributed by atoms with Gasteiger partial charge in [0.2, 0.25) is 0 Å². The Morgan fingerprint density at radius 2 is 2.06 bits per heavy atom. The normalized spacial score (nSPS) is 25.3. The second kappa shape index (κ2) is 12.8. The number of nitrogens with zero attached hydrogens (tertiary/aromatic N) is 3. The predicted octanol–water partition coefficient (Wildman–Crippen LogP) is 7.74. The summed E-state index contributed by atoms with van der Waals surface area (Å²) in [5, 5.41) is 8.90. The van der Waals surface area contributed by atoms with Gasteiger partial charge < -0.3 is 0 Å². The Morgan fingerprint density at radius 1 is 1.34 bits per heavy atom. The highest BCUT2D eigenvalue weighted by Gasteiger charge is 2.23. The van der Waals surface area contributed by atoms with Gasteiger partial charge in [0.15, 0.2) is 0 Å². The summed E-state index contributed by atoms with van der Waals surface area (Å²) in [6, 6.07) is 2.58. The van der Waals surface area contributed by atoms with Crippen molar-refractivity contribution in [2.45, 2.75) is 66.8 Å². The van der Waals surface area contributed by atoms with Crippen molar-refractivity contribution in [3.63, 3.8) is 0 Å². The second-order valence-electron chi connectivity index (χ2n) is 9.24. The molecule has 0 radical (unpaired) electrons. The summed E-state index contributed by atoms with van der Waals surface area (Å²) in [6.07, 6.45) is 19.5. The molecular formula is C28H40N3P. The molecule has 1 aliphatic carbocycles. The van der Waals surface area contributed by atoms with Crippen LogP contribution >= 0.6 is 8.58 Å². The van der Waals surface area contributed by atoms with Gasteiger partial charge in [-0.1, -0.05) is 65.0 Å². The van der Waals surface area contributed by atoms with Gasteiger partial charge in [0, 0.05) is 17.2 Å². The molecule has 5 unspecified atom stereocenters. The van der Waals surface area contributed by atoms with Gasteiger partial charge in [-0.3, -0.25) is 9.89 Å². The number of nitriles is 1. The second-order valence-corrected chi connectivity index (χ2v) is 10.7. The van der Waals surface area contributed by atoms with Gasteiger partial charge in [-0.2, -0.15) is 5.26 Å². The maximum atomic E-state index is 8.90. The standard InChI is InChI=1S/C28H40N3P/c1-20(10-8-11-21(2)19-29)18-24(5)22(3)14-15-23(4)28-30-25(6)16-17-32-26(7)31(28)27-12-9-13-27/h8-9,11-13,15,18,20-22,25,32H,7,10,14,16-17H2,1-6H3/b11-8-,23-15+,24-18+,30-28-. The Morgan fingerprint density at radius 3 is 2.69 bits per heavy atom. The van der Waals surface area contributed by atoms with Gasteiger partial charge in [-0.15, -0.1) is 0 Å². The van der Waals surface area contributed by atoms with E-state index in [1.165, 1.54) is 16.8 Å². The lowest BCUT2D eigenvalue weighted by Crippen LogP contribution is -2.32. The molecule has 0 aromatic rings. The van der Waals surface area contributed by atoms with Crippen LogP contribution in [0.5, 0.6) is 0 Å². The van der Waals surface area contributed by atoms with Crippen molar-refractivity contribution in [2.24, 2.45) is 22.7 Å². The number of allylic oxidation sites excluding steroid dienone is 8. The molecule has 1 aliphatic heterocycles. The first-order valence-electron chi connectivity index (χ1n) is 11.8. The van der Waals surface area contributed by atoms with Crippen molar-refractivity contribution in [3.05, 3.63) is 71.4 Å². The van der Waals surface area contributed by atoms with Gasteiger partial charge in [0.1, 0.15) is 5.84 Å². The molecule has 2 aliphatic rings. The van der Waals surface area contributed by atoms with Crippen LogP contribution in [0.1, 0.15) is 60.8 Å². The van der Waals surface area contributed by atoms with E-state index in [-0.39, 0.29) is 5.92 Å². The molecule has 0 aromatic carbocycles. The zero-order valence-corrected chi connectivity index (χ0v) is 21.7. The van der Waals surface area contributed by atoms with Crippen molar-refractivity contribution in [2.75, 3.05) is 6.16 Å². The fourth-order valence-corrected chi connectivity index (χ4v) is 4.95. The summed E-state index contributed by atoms with van der Waals surface area (Å²) in [5.41, 5.74) is 5.01. The Hall–Kier alpha value is -2.17. The molecule has 0 amide bonds.